The number of hydrogen-bond acceptors (Lipinski definition) is 1. The van der Waals surface area contributed by atoms with E-state index >= 15 is 0 Å². The molecule has 0 radical (unpaired) electrons. The van der Waals surface area contributed by atoms with Crippen LogP contribution in [0.5, 0.6) is 0 Å². The molecule has 2 saturated heterocycles. The molecule has 1 spiro atoms. The molecule has 2 aromatic carbocycles. The highest BCUT2D eigenvalue weighted by Crippen LogP contribution is 2.50. The lowest BCUT2D eigenvalue weighted by atomic mass is 9.78. The van der Waals surface area contributed by atoms with Gasteiger partial charge >= 0.3 is 0 Å². The quantitative estimate of drug-likeness (QED) is 0.676. The molecule has 2 aromatic rings. The Morgan fingerprint density at radius 2 is 1.57 bits per heavy atom. The molecule has 4 rings (SSSR count). The number of nitrogens with one attached hydrogen (secondary N) is 1. The molecular weight excluding hydrogens is 280 g/mol. The molecule has 0 aliphatic carbocycles. The molecule has 0 amide bonds. The summed E-state index contributed by atoms with van der Waals surface area (Å²) in [6, 6.07) is 22.7. The van der Waals surface area contributed by atoms with Crippen LogP contribution in [0.2, 0.25) is 0 Å². The van der Waals surface area contributed by atoms with Gasteiger partial charge in [-0.2, -0.15) is 5.43 Å². The highest BCUT2D eigenvalue weighted by Gasteiger charge is 2.64. The van der Waals surface area contributed by atoms with Crippen LogP contribution in [-0.2, 0) is 0 Å². The topological polar surface area (TPSA) is 12.0 Å². The van der Waals surface area contributed by atoms with Crippen LogP contribution in [0.15, 0.2) is 60.7 Å². The third kappa shape index (κ3) is 1.94. The minimum atomic E-state index is 0.466. The van der Waals surface area contributed by atoms with Crippen LogP contribution in [0.4, 0.5) is 0 Å². The van der Waals surface area contributed by atoms with E-state index in [2.05, 4.69) is 66.1 Å². The summed E-state index contributed by atoms with van der Waals surface area (Å²) in [4.78, 5) is 0. The molecule has 2 fully saturated rings. The maximum atomic E-state index is 6.34. The molecule has 4 unspecified atom stereocenters. The predicted octanol–water partition coefficient (Wildman–Crippen LogP) is 3.47. The van der Waals surface area contributed by atoms with Gasteiger partial charge in [-0.15, -0.1) is 11.6 Å². The van der Waals surface area contributed by atoms with Gasteiger partial charge in [-0.1, -0.05) is 60.7 Å². The smallest absolute Gasteiger partial charge is 0.150 e. The third-order valence-corrected chi connectivity index (χ3v) is 5.58. The molecule has 2 nitrogen and oxygen atoms in total. The first-order valence-corrected chi connectivity index (χ1v) is 8.17. The van der Waals surface area contributed by atoms with Crippen molar-refractivity contribution in [3.63, 3.8) is 0 Å². The summed E-state index contributed by atoms with van der Waals surface area (Å²) in [5.41, 5.74) is 6.51. The highest BCUT2D eigenvalue weighted by atomic mass is 35.5. The number of quaternary nitrogens is 1. The van der Waals surface area contributed by atoms with Crippen LogP contribution in [0.25, 0.3) is 0 Å². The zero-order valence-corrected chi connectivity index (χ0v) is 12.7. The van der Waals surface area contributed by atoms with Crippen molar-refractivity contribution in [1.29, 1.82) is 0 Å². The third-order valence-electron chi connectivity index (χ3n) is 5.26. The molecule has 0 aromatic heterocycles. The highest BCUT2D eigenvalue weighted by molar-refractivity contribution is 6.18. The van der Waals surface area contributed by atoms with Crippen molar-refractivity contribution < 1.29 is 4.59 Å². The first-order valence-electron chi connectivity index (χ1n) is 7.63. The van der Waals surface area contributed by atoms with Crippen molar-refractivity contribution in [2.24, 2.45) is 0 Å². The van der Waals surface area contributed by atoms with Crippen molar-refractivity contribution in [3.8, 4) is 0 Å². The minimum absolute atomic E-state index is 0.466. The van der Waals surface area contributed by atoms with Gasteiger partial charge in [0.05, 0.1) is 11.8 Å². The molecule has 0 bridgehead atoms. The van der Waals surface area contributed by atoms with Crippen molar-refractivity contribution in [1.82, 2.24) is 5.43 Å². The molecule has 2 aliphatic rings. The van der Waals surface area contributed by atoms with E-state index in [0.29, 0.717) is 23.9 Å². The van der Waals surface area contributed by atoms with Crippen molar-refractivity contribution in [2.45, 2.75) is 18.0 Å². The van der Waals surface area contributed by atoms with E-state index in [1.165, 1.54) is 11.1 Å². The second-order valence-electron chi connectivity index (χ2n) is 6.14. The molecular formula is C18H20ClN2+. The van der Waals surface area contributed by atoms with Gasteiger partial charge in [0.1, 0.15) is 19.1 Å². The van der Waals surface area contributed by atoms with E-state index < -0.39 is 0 Å². The fraction of sp³-hybridized carbons (Fsp3) is 0.333. The summed E-state index contributed by atoms with van der Waals surface area (Å²) < 4.78 is 0.965. The Kier molecular flexibility index (Phi) is 3.26. The van der Waals surface area contributed by atoms with Crippen molar-refractivity contribution in [2.75, 3.05) is 19.0 Å². The first-order chi connectivity index (χ1) is 10.3. The fourth-order valence-corrected chi connectivity index (χ4v) is 4.50. The summed E-state index contributed by atoms with van der Waals surface area (Å²) >= 11 is 6.34. The summed E-state index contributed by atoms with van der Waals surface area (Å²) in [6.07, 6.45) is 0. The second kappa shape index (κ2) is 5.13. The normalized spacial score (nSPS) is 34.2. The average Bonchev–Trinajstić information content (AvgIpc) is 2.48. The Bertz CT molecular complexity index is 616. The van der Waals surface area contributed by atoms with Gasteiger partial charge < -0.3 is 0 Å². The van der Waals surface area contributed by atoms with Gasteiger partial charge in [-0.25, -0.2) is 4.59 Å². The molecule has 0 saturated carbocycles. The fourth-order valence-electron chi connectivity index (χ4n) is 4.04. The first kappa shape index (κ1) is 13.3. The Morgan fingerprint density at radius 3 is 2.10 bits per heavy atom. The zero-order chi connectivity index (χ0) is 14.3. The second-order valence-corrected chi connectivity index (χ2v) is 6.45. The van der Waals surface area contributed by atoms with E-state index in [1.54, 1.807) is 0 Å². The number of halogens is 1. The summed E-state index contributed by atoms with van der Waals surface area (Å²) in [6.45, 7) is 2.19. The Balaban J connectivity index is 1.60. The predicted molar refractivity (Wildman–Crippen MR) is 86.0 cm³/mol. The molecule has 2 heterocycles. The van der Waals surface area contributed by atoms with Crippen molar-refractivity contribution in [3.05, 3.63) is 71.8 Å². The van der Waals surface area contributed by atoms with E-state index in [1.807, 2.05) is 0 Å². The van der Waals surface area contributed by atoms with Gasteiger partial charge in [0.25, 0.3) is 0 Å². The van der Waals surface area contributed by atoms with Gasteiger partial charge in [0, 0.05) is 5.56 Å². The molecule has 21 heavy (non-hydrogen) atoms. The summed E-state index contributed by atoms with van der Waals surface area (Å²) in [5.74, 6) is 1.28. The lowest BCUT2D eigenvalue weighted by Gasteiger charge is -2.64. The Morgan fingerprint density at radius 1 is 0.952 bits per heavy atom. The van der Waals surface area contributed by atoms with Gasteiger partial charge in [-0.3, -0.25) is 0 Å². The van der Waals surface area contributed by atoms with E-state index in [9.17, 15) is 0 Å². The zero-order valence-electron chi connectivity index (χ0n) is 12.0. The van der Waals surface area contributed by atoms with Gasteiger partial charge in [-0.05, 0) is 5.56 Å². The molecule has 3 heteroatoms. The van der Waals surface area contributed by atoms with Crippen LogP contribution in [0.3, 0.4) is 0 Å². The molecule has 2 aliphatic heterocycles. The van der Waals surface area contributed by atoms with E-state index in [4.69, 9.17) is 11.6 Å². The lowest BCUT2D eigenvalue weighted by Crippen LogP contribution is -2.84. The number of nitrogens with zero attached hydrogens (tertiary/aromatic N) is 1. The number of alkyl halides is 1. The Hall–Kier alpha value is -1.35. The molecule has 1 N–H and O–H groups in total. The minimum Gasteiger partial charge on any atom is -0.233 e. The number of rotatable bonds is 3. The van der Waals surface area contributed by atoms with Crippen molar-refractivity contribution >= 4 is 11.6 Å². The molecule has 4 atom stereocenters. The van der Waals surface area contributed by atoms with Crippen LogP contribution in [0.1, 0.15) is 23.1 Å². The van der Waals surface area contributed by atoms with Crippen LogP contribution in [-0.4, -0.2) is 29.6 Å². The Labute approximate surface area is 130 Å². The SMILES string of the molecule is ClCC1C(c2ccccc2)C[N+]12NCC2c1ccccc1. The van der Waals surface area contributed by atoms with Crippen LogP contribution < -0.4 is 5.43 Å². The number of hydrogen-bond donors (Lipinski definition) is 1. The summed E-state index contributed by atoms with van der Waals surface area (Å²) in [7, 11) is 0. The van der Waals surface area contributed by atoms with Gasteiger partial charge in [0.15, 0.2) is 6.04 Å². The van der Waals surface area contributed by atoms with E-state index in [0.717, 1.165) is 17.7 Å². The maximum Gasteiger partial charge on any atom is 0.150 e. The maximum absolute atomic E-state index is 6.34. The summed E-state index contributed by atoms with van der Waals surface area (Å²) in [5, 5.41) is 0. The average molecular weight is 300 g/mol. The monoisotopic (exact) mass is 299 g/mol. The largest absolute Gasteiger partial charge is 0.233 e. The van der Waals surface area contributed by atoms with E-state index in [-0.39, 0.29) is 0 Å². The standard InChI is InChI=1S/C18H20ClN2/c19-11-17-16(14-7-3-1-4-8-14)13-21(17)18(12-20-21)15-9-5-2-6-10-15/h1-10,16-18,20H,11-13H2/q+1. The van der Waals surface area contributed by atoms with Crippen LogP contribution in [0, 0.1) is 0 Å². The van der Waals surface area contributed by atoms with Gasteiger partial charge in [0.2, 0.25) is 0 Å². The molecule has 108 valence electrons. The van der Waals surface area contributed by atoms with Crippen LogP contribution >= 0.6 is 11.6 Å². The number of benzene rings is 2. The lowest BCUT2D eigenvalue weighted by molar-refractivity contribution is -1.09.